The van der Waals surface area contributed by atoms with Crippen LogP contribution in [0.3, 0.4) is 0 Å². The quantitative estimate of drug-likeness (QED) is 0.864. The predicted molar refractivity (Wildman–Crippen MR) is 76.3 cm³/mol. The van der Waals surface area contributed by atoms with Crippen molar-refractivity contribution in [2.75, 3.05) is 0 Å². The van der Waals surface area contributed by atoms with Crippen molar-refractivity contribution in [3.8, 4) is 0 Å². The third kappa shape index (κ3) is 3.58. The van der Waals surface area contributed by atoms with Crippen molar-refractivity contribution in [3.63, 3.8) is 0 Å². The first-order chi connectivity index (χ1) is 9.29. The molecule has 0 unspecified atom stereocenters. The number of hydrogen-bond acceptors (Lipinski definition) is 3. The molecule has 110 valence electrons. The summed E-state index contributed by atoms with van der Waals surface area (Å²) in [5, 5.41) is 8.03. The van der Waals surface area contributed by atoms with E-state index in [4.69, 9.17) is 5.14 Å². The first-order valence-electron chi connectivity index (χ1n) is 6.72. The standard InChI is InChI=1S/C14H20N2O3S/c1-9(11-6-7-11)14(17)16-10(2)12-4-3-5-13(8-12)20(15,18)19/h3-5,8-11H,6-7H2,1-2H3,(H,16,17)(H2,15,18,19)/t9-,10+/m0/s1. The van der Waals surface area contributed by atoms with Crippen molar-refractivity contribution in [3.05, 3.63) is 29.8 Å². The van der Waals surface area contributed by atoms with Crippen LogP contribution in [0.25, 0.3) is 0 Å². The summed E-state index contributed by atoms with van der Waals surface area (Å²) in [7, 11) is -3.72. The minimum atomic E-state index is -3.72. The van der Waals surface area contributed by atoms with Gasteiger partial charge in [0.25, 0.3) is 0 Å². The Kier molecular flexibility index (Phi) is 4.15. The molecule has 20 heavy (non-hydrogen) atoms. The topological polar surface area (TPSA) is 89.3 Å². The molecule has 2 rings (SSSR count). The Hall–Kier alpha value is -1.40. The number of amides is 1. The van der Waals surface area contributed by atoms with Gasteiger partial charge in [0.05, 0.1) is 10.9 Å². The lowest BCUT2D eigenvalue weighted by Crippen LogP contribution is -2.32. The molecule has 1 amide bonds. The van der Waals surface area contributed by atoms with Gasteiger partial charge in [0, 0.05) is 5.92 Å². The fourth-order valence-electron chi connectivity index (χ4n) is 2.20. The molecule has 0 saturated heterocycles. The molecule has 0 heterocycles. The average molecular weight is 296 g/mol. The second-order valence-electron chi connectivity index (χ2n) is 5.47. The molecule has 0 aromatic heterocycles. The fraction of sp³-hybridized carbons (Fsp3) is 0.500. The molecule has 0 radical (unpaired) electrons. The van der Waals surface area contributed by atoms with Gasteiger partial charge in [-0.2, -0.15) is 0 Å². The molecule has 1 aliphatic carbocycles. The van der Waals surface area contributed by atoms with Crippen LogP contribution in [0.15, 0.2) is 29.2 Å². The van der Waals surface area contributed by atoms with Crippen LogP contribution < -0.4 is 10.5 Å². The highest BCUT2D eigenvalue weighted by molar-refractivity contribution is 7.89. The van der Waals surface area contributed by atoms with E-state index in [1.807, 2.05) is 13.8 Å². The minimum Gasteiger partial charge on any atom is -0.349 e. The van der Waals surface area contributed by atoms with Crippen LogP contribution in [-0.4, -0.2) is 14.3 Å². The van der Waals surface area contributed by atoms with Crippen LogP contribution in [0, 0.1) is 11.8 Å². The third-order valence-electron chi connectivity index (χ3n) is 3.79. The van der Waals surface area contributed by atoms with Gasteiger partial charge in [-0.05, 0) is 43.4 Å². The maximum Gasteiger partial charge on any atom is 0.238 e. The highest BCUT2D eigenvalue weighted by Crippen LogP contribution is 2.36. The van der Waals surface area contributed by atoms with Crippen molar-refractivity contribution in [2.24, 2.45) is 17.0 Å². The molecule has 6 heteroatoms. The maximum atomic E-state index is 12.0. The zero-order valence-electron chi connectivity index (χ0n) is 11.7. The molecule has 5 nitrogen and oxygen atoms in total. The van der Waals surface area contributed by atoms with E-state index in [9.17, 15) is 13.2 Å². The summed E-state index contributed by atoms with van der Waals surface area (Å²) in [6.45, 7) is 3.76. The number of sulfonamides is 1. The summed E-state index contributed by atoms with van der Waals surface area (Å²) in [4.78, 5) is 12.1. The van der Waals surface area contributed by atoms with E-state index in [0.29, 0.717) is 5.92 Å². The Labute approximate surface area is 119 Å². The van der Waals surface area contributed by atoms with Gasteiger partial charge in [-0.1, -0.05) is 19.1 Å². The molecule has 0 spiro atoms. The van der Waals surface area contributed by atoms with Crippen molar-refractivity contribution in [1.29, 1.82) is 0 Å². The van der Waals surface area contributed by atoms with Crippen molar-refractivity contribution in [1.82, 2.24) is 5.32 Å². The Morgan fingerprint density at radius 1 is 1.35 bits per heavy atom. The van der Waals surface area contributed by atoms with Crippen molar-refractivity contribution in [2.45, 2.75) is 37.6 Å². The van der Waals surface area contributed by atoms with Gasteiger partial charge < -0.3 is 5.32 Å². The Bertz CT molecular complexity index is 609. The predicted octanol–water partition coefficient (Wildman–Crippen LogP) is 1.56. The largest absolute Gasteiger partial charge is 0.349 e. The average Bonchev–Trinajstić information content (AvgIpc) is 3.21. The van der Waals surface area contributed by atoms with Gasteiger partial charge in [-0.15, -0.1) is 0 Å². The number of nitrogens with one attached hydrogen (secondary N) is 1. The van der Waals surface area contributed by atoms with E-state index in [1.54, 1.807) is 12.1 Å². The highest BCUT2D eigenvalue weighted by atomic mass is 32.2. The summed E-state index contributed by atoms with van der Waals surface area (Å²) in [5.74, 6) is 0.526. The van der Waals surface area contributed by atoms with Gasteiger partial charge in [0.1, 0.15) is 0 Å². The fourth-order valence-corrected chi connectivity index (χ4v) is 2.77. The van der Waals surface area contributed by atoms with Crippen LogP contribution in [0.1, 0.15) is 38.3 Å². The van der Waals surface area contributed by atoms with E-state index in [-0.39, 0.29) is 22.8 Å². The molecular weight excluding hydrogens is 276 g/mol. The van der Waals surface area contributed by atoms with Gasteiger partial charge in [-0.25, -0.2) is 13.6 Å². The van der Waals surface area contributed by atoms with E-state index in [2.05, 4.69) is 5.32 Å². The van der Waals surface area contributed by atoms with Gasteiger partial charge in [0.15, 0.2) is 0 Å². The minimum absolute atomic E-state index is 0.0128. The SMILES string of the molecule is C[C@H](C(=O)N[C@H](C)c1cccc(S(N)(=O)=O)c1)C1CC1. The number of hydrogen-bond donors (Lipinski definition) is 2. The van der Waals surface area contributed by atoms with Crippen molar-refractivity contribution < 1.29 is 13.2 Å². The Balaban J connectivity index is 2.09. The second kappa shape index (κ2) is 5.54. The number of carbonyl (C=O) groups is 1. The number of benzene rings is 1. The van der Waals surface area contributed by atoms with Gasteiger partial charge in [-0.3, -0.25) is 4.79 Å². The molecule has 2 atom stereocenters. The monoisotopic (exact) mass is 296 g/mol. The smallest absolute Gasteiger partial charge is 0.238 e. The second-order valence-corrected chi connectivity index (χ2v) is 7.04. The lowest BCUT2D eigenvalue weighted by molar-refractivity contribution is -0.125. The van der Waals surface area contributed by atoms with Crippen LogP contribution in [0.4, 0.5) is 0 Å². The first-order valence-corrected chi connectivity index (χ1v) is 8.27. The number of nitrogens with two attached hydrogens (primary N) is 1. The molecule has 1 aromatic carbocycles. The maximum absolute atomic E-state index is 12.0. The molecule has 1 aromatic rings. The Morgan fingerprint density at radius 3 is 2.55 bits per heavy atom. The van der Waals surface area contributed by atoms with E-state index < -0.39 is 10.0 Å². The van der Waals surface area contributed by atoms with Crippen LogP contribution >= 0.6 is 0 Å². The Morgan fingerprint density at radius 2 is 2.00 bits per heavy atom. The summed E-state index contributed by atoms with van der Waals surface area (Å²) in [6, 6.07) is 6.11. The summed E-state index contributed by atoms with van der Waals surface area (Å²) >= 11 is 0. The highest BCUT2D eigenvalue weighted by Gasteiger charge is 2.33. The first kappa shape index (κ1) is 15.0. The molecule has 1 fully saturated rings. The molecule has 1 saturated carbocycles. The molecule has 0 aliphatic heterocycles. The van der Waals surface area contributed by atoms with Gasteiger partial charge >= 0.3 is 0 Å². The summed E-state index contributed by atoms with van der Waals surface area (Å²) in [5.41, 5.74) is 0.730. The van der Waals surface area contributed by atoms with E-state index >= 15 is 0 Å². The lowest BCUT2D eigenvalue weighted by atomic mass is 10.0. The van der Waals surface area contributed by atoms with Gasteiger partial charge in [0.2, 0.25) is 15.9 Å². The molecule has 3 N–H and O–H groups in total. The lowest BCUT2D eigenvalue weighted by Gasteiger charge is -2.18. The van der Waals surface area contributed by atoms with Crippen LogP contribution in [0.2, 0.25) is 0 Å². The van der Waals surface area contributed by atoms with E-state index in [0.717, 1.165) is 18.4 Å². The zero-order chi connectivity index (χ0) is 14.9. The normalized spacial score (nSPS) is 18.4. The van der Waals surface area contributed by atoms with Crippen LogP contribution in [0.5, 0.6) is 0 Å². The van der Waals surface area contributed by atoms with Crippen molar-refractivity contribution >= 4 is 15.9 Å². The third-order valence-corrected chi connectivity index (χ3v) is 4.70. The number of carbonyl (C=O) groups excluding carboxylic acids is 1. The zero-order valence-corrected chi connectivity index (χ0v) is 12.5. The summed E-state index contributed by atoms with van der Waals surface area (Å²) in [6.07, 6.45) is 2.23. The van der Waals surface area contributed by atoms with E-state index in [1.165, 1.54) is 12.1 Å². The number of rotatable bonds is 5. The number of primary sulfonamides is 1. The van der Waals surface area contributed by atoms with Crippen LogP contribution in [-0.2, 0) is 14.8 Å². The summed E-state index contributed by atoms with van der Waals surface area (Å²) < 4.78 is 22.7. The molecular formula is C14H20N2O3S. The molecule has 1 aliphatic rings. The molecule has 0 bridgehead atoms.